The molecule has 0 amide bonds. The van der Waals surface area contributed by atoms with Crippen molar-refractivity contribution in [2.45, 2.75) is 20.8 Å². The van der Waals surface area contributed by atoms with Crippen molar-refractivity contribution in [3.8, 4) is 134 Å². The van der Waals surface area contributed by atoms with Gasteiger partial charge in [-0.05, 0) is 233 Å². The fourth-order valence-corrected chi connectivity index (χ4v) is 19.4. The third kappa shape index (κ3) is 11.7. The van der Waals surface area contributed by atoms with E-state index in [4.69, 9.17) is 0 Å². The number of pyridine rings is 3. The number of hydrogen-bond acceptors (Lipinski definition) is 6. The van der Waals surface area contributed by atoms with E-state index >= 15 is 0 Å². The van der Waals surface area contributed by atoms with Crippen LogP contribution in [0.5, 0.6) is 0 Å². The molecule has 0 fully saturated rings. The van der Waals surface area contributed by atoms with E-state index in [1.54, 1.807) is 0 Å². The molecule has 6 aliphatic rings. The summed E-state index contributed by atoms with van der Waals surface area (Å²) in [4.78, 5) is 20.7. The maximum absolute atomic E-state index is 4.37. The van der Waals surface area contributed by atoms with Crippen LogP contribution in [-0.2, 0) is 0 Å². The second-order valence-corrected chi connectivity index (χ2v) is 31.4. The van der Waals surface area contributed by atoms with Crippen LogP contribution in [0.4, 0.5) is 34.1 Å². The summed E-state index contributed by atoms with van der Waals surface area (Å²) in [7, 11) is 0. The van der Waals surface area contributed by atoms with E-state index in [0.717, 1.165) is 11.3 Å². The van der Waals surface area contributed by atoms with Gasteiger partial charge in [0.15, 0.2) is 0 Å². The number of rotatable bonds is 6. The molecule has 0 bridgehead atoms. The maximum atomic E-state index is 4.37. The molecule has 0 radical (unpaired) electrons. The highest BCUT2D eigenvalue weighted by Gasteiger charge is 2.45. The van der Waals surface area contributed by atoms with Gasteiger partial charge in [-0.3, -0.25) is 15.0 Å². The van der Waals surface area contributed by atoms with Gasteiger partial charge in [0, 0.05) is 115 Å². The van der Waals surface area contributed by atoms with Crippen molar-refractivity contribution in [1.29, 1.82) is 0 Å². The lowest BCUT2D eigenvalue weighted by Crippen LogP contribution is -2.59. The van der Waals surface area contributed by atoms with Gasteiger partial charge < -0.3 is 14.4 Å². The highest BCUT2D eigenvalue weighted by atomic mass is 15.1. The molecule has 0 atom stereocenters. The van der Waals surface area contributed by atoms with E-state index < -0.39 is 0 Å². The lowest BCUT2D eigenvalue weighted by Gasteiger charge is -2.43. The number of para-hydroxylation sites is 3. The predicted octanol–water partition coefficient (Wildman–Crippen LogP) is 22.9. The Kier molecular flexibility index (Phi) is 16.8. The lowest BCUT2D eigenvalue weighted by atomic mass is 9.43. The molecule has 15 aromatic carbocycles. The first-order chi connectivity index (χ1) is 57.8. The Morgan fingerprint density at radius 3 is 0.829 bits per heavy atom. The first-order valence-electron chi connectivity index (χ1n) is 40.5. The average molecular weight is 1490 g/mol. The predicted molar refractivity (Wildman–Crippen MR) is 493 cm³/mol. The quantitative estimate of drug-likeness (QED) is 0.155. The van der Waals surface area contributed by atoms with E-state index in [0.29, 0.717) is 0 Å². The number of aryl methyl sites for hydroxylation is 3. The molecule has 18 aromatic rings. The Bertz CT molecular complexity index is 6720. The van der Waals surface area contributed by atoms with Crippen molar-refractivity contribution >= 4 is 87.4 Å². The van der Waals surface area contributed by atoms with Gasteiger partial charge in [-0.25, -0.2) is 0 Å². The summed E-state index contributed by atoms with van der Waals surface area (Å²) < 4.78 is 0. The molecule has 0 N–H and O–H groups in total. The summed E-state index contributed by atoms with van der Waals surface area (Å²) in [6, 6.07) is 136. The summed E-state index contributed by atoms with van der Waals surface area (Å²) in [5, 5.41) is 0. The van der Waals surface area contributed by atoms with Gasteiger partial charge in [-0.1, -0.05) is 291 Å². The zero-order valence-corrected chi connectivity index (χ0v) is 65.0. The van der Waals surface area contributed by atoms with Crippen LogP contribution in [0.1, 0.15) is 16.8 Å². The highest BCUT2D eigenvalue weighted by Crippen LogP contribution is 2.51. The van der Waals surface area contributed by atoms with Crippen LogP contribution in [0.2, 0.25) is 0 Å². The third-order valence-corrected chi connectivity index (χ3v) is 24.7. The number of aromatic nitrogens is 3. The van der Waals surface area contributed by atoms with Crippen LogP contribution >= 0.6 is 0 Å². The van der Waals surface area contributed by atoms with Crippen LogP contribution < -0.4 is 47.2 Å². The van der Waals surface area contributed by atoms with Gasteiger partial charge in [0.2, 0.25) is 0 Å². The van der Waals surface area contributed by atoms with Gasteiger partial charge in [-0.15, -0.1) is 0 Å². The standard InChI is InChI=1S/3C36H25BN2/c1-24-20-28(23-38-22-24)26-16-14-25(15-17-26)27-18-19-36-32(21-27)30-9-3-6-12-34(30)37-33-11-5-2-8-29(33)31-10-4-7-13-35(31)39(36)37;1-24-22-28(20-21-38-24)26-16-14-25(15-17-26)27-18-19-36-32(23-27)30-9-3-6-12-34(30)37-33-11-5-2-8-29(33)31-10-4-7-13-35(31)39(36)37;1-24-20-21-38-23-32(24)26-16-14-25(15-17-26)27-18-19-36-31(22-27)29-9-3-6-12-34(29)37-33-11-5-2-8-28(33)30-10-4-7-13-35(30)39(36)37/h3*2-23H,1H3. The minimum Gasteiger partial charge on any atom is -0.376 e. The van der Waals surface area contributed by atoms with Crippen molar-refractivity contribution < 1.29 is 0 Å². The largest absolute Gasteiger partial charge is 0.376 e. The molecule has 0 saturated carbocycles. The fraction of sp³-hybridized carbons (Fsp3) is 0.0278. The molecule has 3 aromatic heterocycles. The first kappa shape index (κ1) is 69.1. The molecule has 6 aliphatic heterocycles. The Balaban J connectivity index is 0.000000106. The molecule has 117 heavy (non-hydrogen) atoms. The van der Waals surface area contributed by atoms with E-state index in [2.05, 4.69) is 413 Å². The Morgan fingerprint density at radius 2 is 0.487 bits per heavy atom. The molecule has 0 spiro atoms. The van der Waals surface area contributed by atoms with Gasteiger partial charge in [-0.2, -0.15) is 0 Å². The highest BCUT2D eigenvalue weighted by molar-refractivity contribution is 6.94. The van der Waals surface area contributed by atoms with Gasteiger partial charge in [0.05, 0.1) is 0 Å². The van der Waals surface area contributed by atoms with Crippen LogP contribution in [0, 0.1) is 20.8 Å². The molecule has 9 heterocycles. The Morgan fingerprint density at radius 1 is 0.197 bits per heavy atom. The van der Waals surface area contributed by atoms with Gasteiger partial charge >= 0.3 is 20.5 Å². The number of anilines is 6. The number of hydrogen-bond donors (Lipinski definition) is 0. The van der Waals surface area contributed by atoms with Crippen LogP contribution in [0.25, 0.3) is 134 Å². The Hall–Kier alpha value is -14.7. The number of nitrogens with zero attached hydrogens (tertiary/aromatic N) is 6. The number of fused-ring (bicyclic) bond motifs is 33. The van der Waals surface area contributed by atoms with Crippen molar-refractivity contribution in [1.82, 2.24) is 15.0 Å². The summed E-state index contributed by atoms with van der Waals surface area (Å²) in [5.41, 5.74) is 49.2. The number of benzene rings is 15. The van der Waals surface area contributed by atoms with Crippen LogP contribution in [-0.4, -0.2) is 35.5 Å². The van der Waals surface area contributed by atoms with E-state index in [1.165, 1.54) is 206 Å². The summed E-state index contributed by atoms with van der Waals surface area (Å²) >= 11 is 0. The average Bonchev–Trinajstić information content (AvgIpc) is 0.718. The van der Waals surface area contributed by atoms with Gasteiger partial charge in [0.1, 0.15) is 0 Å². The van der Waals surface area contributed by atoms with Crippen LogP contribution in [0.3, 0.4) is 0 Å². The minimum atomic E-state index is 0.146. The van der Waals surface area contributed by atoms with E-state index in [9.17, 15) is 0 Å². The smallest absolute Gasteiger partial charge is 0.329 e. The molecular weight excluding hydrogens is 1410 g/mol. The molecule has 0 unspecified atom stereocenters. The normalized spacial score (nSPS) is 12.6. The fourth-order valence-electron chi connectivity index (χ4n) is 19.4. The summed E-state index contributed by atoms with van der Waals surface area (Å²) in [5.74, 6) is 0. The lowest BCUT2D eigenvalue weighted by molar-refractivity contribution is 1.20. The van der Waals surface area contributed by atoms with Crippen molar-refractivity contribution in [2.75, 3.05) is 14.4 Å². The first-order valence-corrected chi connectivity index (χ1v) is 40.5. The second-order valence-electron chi connectivity index (χ2n) is 31.4. The molecule has 0 aliphatic carbocycles. The molecule has 24 rings (SSSR count). The summed E-state index contributed by atoms with van der Waals surface area (Å²) in [6.07, 6.45) is 9.51. The molecule has 0 saturated heterocycles. The zero-order valence-electron chi connectivity index (χ0n) is 65.0. The van der Waals surface area contributed by atoms with E-state index in [-0.39, 0.29) is 20.5 Å². The molecular formula is C108H75B3N6. The topological polar surface area (TPSA) is 48.4 Å². The SMILES string of the molecule is Cc1cc(-c2ccc(-c3ccc4c(c3)-c3ccccc3B3c5ccccc5-c5ccccc5N34)cc2)ccn1.Cc1ccncc1-c1ccc(-c2ccc3c(c2)-c2ccccc2B2c4ccccc4-c4ccccc4N23)cc1.Cc1cncc(-c2ccc(-c3ccc4c(c3)-c3ccccc3B3c5ccccc5-c5ccccc5N34)cc2)c1. The monoisotopic (exact) mass is 1490 g/mol. The Labute approximate surface area is 684 Å². The van der Waals surface area contributed by atoms with E-state index in [1.807, 2.05) is 37.9 Å². The molecule has 6 nitrogen and oxygen atoms in total. The summed E-state index contributed by atoms with van der Waals surface area (Å²) in [6.45, 7) is 6.69. The third-order valence-electron chi connectivity index (χ3n) is 24.7. The second kappa shape index (κ2) is 28.5. The van der Waals surface area contributed by atoms with Crippen LogP contribution in [0.15, 0.2) is 401 Å². The van der Waals surface area contributed by atoms with Crippen molar-refractivity contribution in [2.24, 2.45) is 0 Å². The molecule has 546 valence electrons. The zero-order chi connectivity index (χ0) is 77.8. The van der Waals surface area contributed by atoms with Crippen molar-refractivity contribution in [3.05, 3.63) is 418 Å². The maximum Gasteiger partial charge on any atom is 0.329 e. The van der Waals surface area contributed by atoms with Gasteiger partial charge in [0.25, 0.3) is 0 Å². The molecule has 9 heteroatoms. The van der Waals surface area contributed by atoms with Crippen molar-refractivity contribution in [3.63, 3.8) is 0 Å². The minimum absolute atomic E-state index is 0.146.